The van der Waals surface area contributed by atoms with Crippen LogP contribution in [-0.2, 0) is 7.05 Å². The van der Waals surface area contributed by atoms with Crippen molar-refractivity contribution in [3.8, 4) is 22.0 Å². The summed E-state index contributed by atoms with van der Waals surface area (Å²) >= 11 is 1.73. The van der Waals surface area contributed by atoms with Gasteiger partial charge in [0.25, 0.3) is 0 Å². The second-order valence-electron chi connectivity index (χ2n) is 7.04. The fourth-order valence-corrected chi connectivity index (χ4v) is 4.88. The molecular weight excluding hydrogens is 370 g/mol. The zero-order valence-corrected chi connectivity index (χ0v) is 16.6. The molecular formula is C20H21N7S. The fourth-order valence-electron chi connectivity index (χ4n) is 3.63. The van der Waals surface area contributed by atoms with E-state index in [1.54, 1.807) is 23.7 Å². The number of rotatable bonds is 4. The number of aryl methyl sites for hydroxylation is 2. The second kappa shape index (κ2) is 6.96. The molecule has 0 amide bonds. The quantitative estimate of drug-likeness (QED) is 0.556. The highest BCUT2D eigenvalue weighted by Gasteiger charge is 2.22. The van der Waals surface area contributed by atoms with Gasteiger partial charge < -0.3 is 10.6 Å². The third-order valence-electron chi connectivity index (χ3n) is 5.16. The minimum atomic E-state index is 0.381. The number of thiophene rings is 1. The molecule has 1 aliphatic heterocycles. The maximum Gasteiger partial charge on any atom is 0.162 e. The smallest absolute Gasteiger partial charge is 0.162 e. The molecule has 5 rings (SSSR count). The Kier molecular flexibility index (Phi) is 4.29. The van der Waals surface area contributed by atoms with Crippen LogP contribution in [0, 0.1) is 6.92 Å². The molecule has 28 heavy (non-hydrogen) atoms. The predicted octanol–water partition coefficient (Wildman–Crippen LogP) is 3.24. The van der Waals surface area contributed by atoms with Crippen molar-refractivity contribution in [1.82, 2.24) is 30.0 Å². The Labute approximate surface area is 166 Å². The van der Waals surface area contributed by atoms with Crippen molar-refractivity contribution in [2.24, 2.45) is 7.05 Å². The zero-order valence-electron chi connectivity index (χ0n) is 15.8. The minimum absolute atomic E-state index is 0.381. The van der Waals surface area contributed by atoms with Gasteiger partial charge in [0, 0.05) is 43.8 Å². The summed E-state index contributed by atoms with van der Waals surface area (Å²) in [5.41, 5.74) is 4.22. The summed E-state index contributed by atoms with van der Waals surface area (Å²) in [5.74, 6) is 1.63. The van der Waals surface area contributed by atoms with Crippen LogP contribution in [0.5, 0.6) is 0 Å². The van der Waals surface area contributed by atoms with E-state index < -0.39 is 0 Å². The first-order valence-corrected chi connectivity index (χ1v) is 10.2. The Morgan fingerprint density at radius 3 is 2.75 bits per heavy atom. The highest BCUT2D eigenvalue weighted by atomic mass is 32.1. The first-order chi connectivity index (χ1) is 13.7. The molecule has 5 heterocycles. The fraction of sp³-hybridized carbons (Fsp3) is 0.300. The second-order valence-corrected chi connectivity index (χ2v) is 8.06. The predicted molar refractivity (Wildman–Crippen MR) is 112 cm³/mol. The monoisotopic (exact) mass is 391 g/mol. The number of nitrogens with zero attached hydrogens (tertiary/aromatic N) is 5. The van der Waals surface area contributed by atoms with Gasteiger partial charge in [-0.05, 0) is 43.7 Å². The summed E-state index contributed by atoms with van der Waals surface area (Å²) in [6.07, 6.45) is 6.47. The topological polar surface area (TPSA) is 80.5 Å². The molecule has 4 aromatic heterocycles. The molecule has 7 nitrogen and oxygen atoms in total. The van der Waals surface area contributed by atoms with E-state index in [1.807, 2.05) is 36.1 Å². The highest BCUT2D eigenvalue weighted by molar-refractivity contribution is 7.23. The van der Waals surface area contributed by atoms with Crippen molar-refractivity contribution in [3.63, 3.8) is 0 Å². The van der Waals surface area contributed by atoms with Gasteiger partial charge in [0.2, 0.25) is 0 Å². The molecule has 1 unspecified atom stereocenters. The van der Waals surface area contributed by atoms with Crippen LogP contribution in [0.4, 0.5) is 5.82 Å². The van der Waals surface area contributed by atoms with Crippen LogP contribution in [0.25, 0.3) is 32.2 Å². The molecule has 0 aromatic carbocycles. The van der Waals surface area contributed by atoms with Crippen LogP contribution in [0.15, 0.2) is 36.8 Å². The molecule has 4 aromatic rings. The lowest BCUT2D eigenvalue weighted by Crippen LogP contribution is -2.22. The van der Waals surface area contributed by atoms with Crippen molar-refractivity contribution in [2.45, 2.75) is 19.4 Å². The van der Waals surface area contributed by atoms with Gasteiger partial charge in [-0.2, -0.15) is 5.10 Å². The first-order valence-electron chi connectivity index (χ1n) is 9.38. The Morgan fingerprint density at radius 2 is 2.04 bits per heavy atom. The van der Waals surface area contributed by atoms with E-state index >= 15 is 0 Å². The van der Waals surface area contributed by atoms with E-state index in [4.69, 9.17) is 9.97 Å². The number of hydrogen-bond acceptors (Lipinski definition) is 7. The van der Waals surface area contributed by atoms with E-state index in [0.717, 1.165) is 58.2 Å². The summed E-state index contributed by atoms with van der Waals surface area (Å²) in [7, 11) is 1.97. The molecule has 1 aliphatic rings. The molecule has 142 valence electrons. The van der Waals surface area contributed by atoms with Gasteiger partial charge in [0.15, 0.2) is 5.82 Å². The van der Waals surface area contributed by atoms with Gasteiger partial charge in [0.1, 0.15) is 5.82 Å². The summed E-state index contributed by atoms with van der Waals surface area (Å²) in [6.45, 7) is 4.12. The molecule has 1 atom stereocenters. The third kappa shape index (κ3) is 2.94. The van der Waals surface area contributed by atoms with Gasteiger partial charge in [-0.25, -0.2) is 9.97 Å². The van der Waals surface area contributed by atoms with Crippen LogP contribution in [0.3, 0.4) is 0 Å². The molecule has 1 fully saturated rings. The molecule has 1 saturated heterocycles. The van der Waals surface area contributed by atoms with E-state index in [-0.39, 0.29) is 0 Å². The van der Waals surface area contributed by atoms with Crippen LogP contribution in [0.1, 0.15) is 12.0 Å². The lowest BCUT2D eigenvalue weighted by Gasteiger charge is -2.14. The number of pyridine rings is 1. The lowest BCUT2D eigenvalue weighted by atomic mass is 10.2. The Balaban J connectivity index is 1.71. The van der Waals surface area contributed by atoms with Gasteiger partial charge in [-0.3, -0.25) is 9.67 Å². The van der Waals surface area contributed by atoms with Gasteiger partial charge >= 0.3 is 0 Å². The third-order valence-corrected chi connectivity index (χ3v) is 6.47. The largest absolute Gasteiger partial charge is 0.365 e. The lowest BCUT2D eigenvalue weighted by molar-refractivity contribution is 0.777. The molecule has 0 bridgehead atoms. The van der Waals surface area contributed by atoms with Gasteiger partial charge in [-0.1, -0.05) is 0 Å². The number of aromatic nitrogens is 5. The van der Waals surface area contributed by atoms with Crippen molar-refractivity contribution < 1.29 is 0 Å². The zero-order chi connectivity index (χ0) is 19.1. The summed E-state index contributed by atoms with van der Waals surface area (Å²) in [5, 5.41) is 11.4. The SMILES string of the molecule is Cc1c(-c2ccnn2C)sc2c(NC3CCNC3)nc(-c3ccncc3)nc12. The van der Waals surface area contributed by atoms with E-state index in [0.29, 0.717) is 6.04 Å². The molecule has 0 saturated carbocycles. The molecule has 2 N–H and O–H groups in total. The maximum absolute atomic E-state index is 4.93. The first kappa shape index (κ1) is 17.3. The van der Waals surface area contributed by atoms with Gasteiger partial charge in [-0.15, -0.1) is 11.3 Å². The molecule has 0 radical (unpaired) electrons. The average Bonchev–Trinajstić information content (AvgIpc) is 3.44. The van der Waals surface area contributed by atoms with Crippen LogP contribution in [-0.4, -0.2) is 43.9 Å². The van der Waals surface area contributed by atoms with Crippen LogP contribution >= 0.6 is 11.3 Å². The standard InChI is InChI=1S/C20H21N7S/c1-12-16-18(28-17(12)15-6-10-23-27(15)2)20(24-14-5-9-22-11-14)26-19(25-16)13-3-7-21-8-4-13/h3-4,6-8,10,14,22H,5,9,11H2,1-2H3,(H,24,25,26). The molecule has 0 spiro atoms. The normalized spacial score (nSPS) is 16.7. The highest BCUT2D eigenvalue weighted by Crippen LogP contribution is 2.41. The molecule has 0 aliphatic carbocycles. The minimum Gasteiger partial charge on any atom is -0.365 e. The summed E-state index contributed by atoms with van der Waals surface area (Å²) in [4.78, 5) is 15.1. The summed E-state index contributed by atoms with van der Waals surface area (Å²) < 4.78 is 3.00. The number of nitrogens with one attached hydrogen (secondary N) is 2. The van der Waals surface area contributed by atoms with Crippen LogP contribution < -0.4 is 10.6 Å². The van der Waals surface area contributed by atoms with E-state index in [2.05, 4.69) is 27.6 Å². The van der Waals surface area contributed by atoms with E-state index in [1.165, 1.54) is 4.88 Å². The van der Waals surface area contributed by atoms with Crippen molar-refractivity contribution >= 4 is 27.4 Å². The Hall–Kier alpha value is -2.84. The summed E-state index contributed by atoms with van der Waals surface area (Å²) in [6, 6.07) is 6.33. The van der Waals surface area contributed by atoms with E-state index in [9.17, 15) is 0 Å². The van der Waals surface area contributed by atoms with Crippen molar-refractivity contribution in [2.75, 3.05) is 18.4 Å². The average molecular weight is 392 g/mol. The number of fused-ring (bicyclic) bond motifs is 1. The number of anilines is 1. The Bertz CT molecular complexity index is 1130. The number of hydrogen-bond donors (Lipinski definition) is 2. The van der Waals surface area contributed by atoms with Crippen molar-refractivity contribution in [3.05, 3.63) is 42.4 Å². The van der Waals surface area contributed by atoms with Crippen molar-refractivity contribution in [1.29, 1.82) is 0 Å². The Morgan fingerprint density at radius 1 is 1.18 bits per heavy atom. The van der Waals surface area contributed by atoms with Crippen LogP contribution in [0.2, 0.25) is 0 Å². The maximum atomic E-state index is 4.93. The molecule has 8 heteroatoms. The van der Waals surface area contributed by atoms with Gasteiger partial charge in [0.05, 0.1) is 20.8 Å².